The molecule has 0 aliphatic rings. The summed E-state index contributed by atoms with van der Waals surface area (Å²) in [7, 11) is 0. The molecule has 0 amide bonds. The molecular formula is C5H12Pb. The van der Waals surface area contributed by atoms with Gasteiger partial charge >= 0.3 is 52.5 Å². The van der Waals surface area contributed by atoms with Crippen LogP contribution in [0.3, 0.4) is 0 Å². The van der Waals surface area contributed by atoms with Crippen molar-refractivity contribution in [2.24, 2.45) is 0 Å². The van der Waals surface area contributed by atoms with Crippen LogP contribution in [0.15, 0.2) is 0 Å². The second-order valence-corrected chi connectivity index (χ2v) is 7.99. The zero-order valence-electron chi connectivity index (χ0n) is 4.62. The van der Waals surface area contributed by atoms with E-state index in [4.69, 9.17) is 0 Å². The minimum absolute atomic E-state index is 0.0251. The Morgan fingerprint density at radius 1 is 1.33 bits per heavy atom. The van der Waals surface area contributed by atoms with Crippen molar-refractivity contribution in [3.8, 4) is 0 Å². The van der Waals surface area contributed by atoms with Crippen LogP contribution in [-0.2, 0) is 0 Å². The van der Waals surface area contributed by atoms with Crippen LogP contribution >= 0.6 is 0 Å². The normalized spacial score (nSPS) is 9.00. The summed E-state index contributed by atoms with van der Waals surface area (Å²) in [5, 5.41) is 0. The Bertz CT molecular complexity index is 15.9. The van der Waals surface area contributed by atoms with Crippen LogP contribution in [0.25, 0.3) is 0 Å². The van der Waals surface area contributed by atoms with E-state index in [0.717, 1.165) is 0 Å². The number of hydrogen-bond donors (Lipinski definition) is 0. The van der Waals surface area contributed by atoms with E-state index in [1.807, 2.05) is 0 Å². The van der Waals surface area contributed by atoms with Gasteiger partial charge in [-0.3, -0.25) is 0 Å². The fourth-order valence-corrected chi connectivity index (χ4v) is 3.10. The van der Waals surface area contributed by atoms with Crippen molar-refractivity contribution in [2.45, 2.75) is 28.2 Å². The SMILES string of the molecule is CC[CH2][Pb][CH2]C. The molecule has 0 saturated carbocycles. The molecule has 2 radical (unpaired) electrons. The minimum atomic E-state index is 0.0251. The molecule has 0 rings (SSSR count). The van der Waals surface area contributed by atoms with Gasteiger partial charge in [-0.1, -0.05) is 0 Å². The number of hydrogen-bond acceptors (Lipinski definition) is 0. The Balaban J connectivity index is 2.34. The molecule has 0 aliphatic heterocycles. The third-order valence-electron chi connectivity index (χ3n) is 0.677. The summed E-state index contributed by atoms with van der Waals surface area (Å²) < 4.78 is 3.16. The fraction of sp³-hybridized carbons (Fsp3) is 1.00. The first kappa shape index (κ1) is 6.92. The third-order valence-corrected chi connectivity index (χ3v) is 5.94. The molecule has 0 unspecified atom stereocenters. The molecule has 0 heterocycles. The summed E-state index contributed by atoms with van der Waals surface area (Å²) in [6.07, 6.45) is 1.44. The summed E-state index contributed by atoms with van der Waals surface area (Å²) in [6, 6.07) is 0. The molecule has 0 atom stereocenters. The monoisotopic (exact) mass is 280 g/mol. The predicted molar refractivity (Wildman–Crippen MR) is 31.3 cm³/mol. The molecule has 6 heavy (non-hydrogen) atoms. The van der Waals surface area contributed by atoms with Crippen LogP contribution in [-0.4, -0.2) is 24.2 Å². The Morgan fingerprint density at radius 3 is 2.17 bits per heavy atom. The van der Waals surface area contributed by atoms with E-state index in [2.05, 4.69) is 13.8 Å². The van der Waals surface area contributed by atoms with Gasteiger partial charge in [-0.05, 0) is 0 Å². The molecule has 0 aromatic carbocycles. The van der Waals surface area contributed by atoms with Crippen LogP contribution < -0.4 is 0 Å². The van der Waals surface area contributed by atoms with Crippen LogP contribution in [0.2, 0.25) is 7.96 Å². The van der Waals surface area contributed by atoms with Gasteiger partial charge in [0, 0.05) is 0 Å². The Kier molecular flexibility index (Phi) is 6.83. The molecule has 0 saturated heterocycles. The first-order chi connectivity index (χ1) is 2.91. The van der Waals surface area contributed by atoms with Gasteiger partial charge in [0.25, 0.3) is 0 Å². The van der Waals surface area contributed by atoms with Crippen molar-refractivity contribution < 1.29 is 0 Å². The predicted octanol–water partition coefficient (Wildman–Crippen LogP) is 1.96. The van der Waals surface area contributed by atoms with Crippen LogP contribution in [0.4, 0.5) is 0 Å². The average Bonchev–Trinajstić information content (AvgIpc) is 1.61. The summed E-state index contributed by atoms with van der Waals surface area (Å²) in [5.74, 6) is 0. The summed E-state index contributed by atoms with van der Waals surface area (Å²) >= 11 is 0.0251. The van der Waals surface area contributed by atoms with E-state index in [1.54, 1.807) is 7.96 Å². The van der Waals surface area contributed by atoms with Crippen molar-refractivity contribution in [1.82, 2.24) is 0 Å². The van der Waals surface area contributed by atoms with E-state index in [1.165, 1.54) is 6.42 Å². The van der Waals surface area contributed by atoms with Gasteiger partial charge in [-0.25, -0.2) is 0 Å². The Morgan fingerprint density at radius 2 is 2.00 bits per heavy atom. The molecule has 0 bridgehead atoms. The molecule has 0 N–H and O–H groups in total. The summed E-state index contributed by atoms with van der Waals surface area (Å²) in [4.78, 5) is 0. The fourth-order valence-electron chi connectivity index (χ4n) is 0.354. The van der Waals surface area contributed by atoms with Crippen LogP contribution in [0.5, 0.6) is 0 Å². The zero-order chi connectivity index (χ0) is 4.83. The van der Waals surface area contributed by atoms with Gasteiger partial charge in [0.15, 0.2) is 0 Å². The third kappa shape index (κ3) is 4.92. The van der Waals surface area contributed by atoms with Gasteiger partial charge in [-0.2, -0.15) is 0 Å². The first-order valence-corrected chi connectivity index (χ1v) is 8.12. The molecule has 0 aromatic rings. The average molecular weight is 279 g/mol. The Labute approximate surface area is 52.5 Å². The topological polar surface area (TPSA) is 0 Å². The Hall–Kier alpha value is 0.922. The molecule has 36 valence electrons. The molecular weight excluding hydrogens is 267 g/mol. The second kappa shape index (κ2) is 5.92. The molecule has 0 spiro atoms. The molecule has 0 aliphatic carbocycles. The maximum absolute atomic E-state index is 2.32. The second-order valence-electron chi connectivity index (χ2n) is 1.35. The standard InChI is InChI=1S/C3H7.C2H5.Pb/c1-3-2;1-2;/h1,3H2,2H3;1H2,2H3;. The van der Waals surface area contributed by atoms with Crippen molar-refractivity contribution in [3.05, 3.63) is 0 Å². The van der Waals surface area contributed by atoms with E-state index in [9.17, 15) is 0 Å². The molecule has 0 aromatic heterocycles. The first-order valence-electron chi connectivity index (χ1n) is 2.62. The van der Waals surface area contributed by atoms with Crippen LogP contribution in [0, 0.1) is 0 Å². The van der Waals surface area contributed by atoms with E-state index in [0.29, 0.717) is 0 Å². The quantitative estimate of drug-likeness (QED) is 0.547. The zero-order valence-corrected chi connectivity index (χ0v) is 8.51. The van der Waals surface area contributed by atoms with E-state index < -0.39 is 0 Å². The van der Waals surface area contributed by atoms with E-state index >= 15 is 0 Å². The summed E-state index contributed by atoms with van der Waals surface area (Å²) in [6.45, 7) is 4.60. The number of rotatable bonds is 3. The van der Waals surface area contributed by atoms with Gasteiger partial charge in [0.05, 0.1) is 0 Å². The van der Waals surface area contributed by atoms with Crippen molar-refractivity contribution in [1.29, 1.82) is 0 Å². The summed E-state index contributed by atoms with van der Waals surface area (Å²) in [5.41, 5.74) is 0. The maximum atomic E-state index is 2.32. The molecule has 1 heteroatoms. The molecule has 0 nitrogen and oxygen atoms in total. The molecule has 0 fully saturated rings. The van der Waals surface area contributed by atoms with Crippen molar-refractivity contribution >= 4 is 24.2 Å². The van der Waals surface area contributed by atoms with Gasteiger partial charge in [0.1, 0.15) is 0 Å². The van der Waals surface area contributed by atoms with E-state index in [-0.39, 0.29) is 24.2 Å². The van der Waals surface area contributed by atoms with Crippen molar-refractivity contribution in [3.63, 3.8) is 0 Å². The van der Waals surface area contributed by atoms with Gasteiger partial charge in [0.2, 0.25) is 0 Å². The van der Waals surface area contributed by atoms with Gasteiger partial charge < -0.3 is 0 Å². The van der Waals surface area contributed by atoms with Gasteiger partial charge in [-0.15, -0.1) is 0 Å². The van der Waals surface area contributed by atoms with Crippen molar-refractivity contribution in [2.75, 3.05) is 0 Å². The van der Waals surface area contributed by atoms with Crippen LogP contribution in [0.1, 0.15) is 20.3 Å².